The van der Waals surface area contributed by atoms with Crippen molar-refractivity contribution in [1.82, 2.24) is 10.2 Å². The summed E-state index contributed by atoms with van der Waals surface area (Å²) in [6.07, 6.45) is 4.07. The van der Waals surface area contributed by atoms with Gasteiger partial charge in [-0.25, -0.2) is 0 Å². The lowest BCUT2D eigenvalue weighted by atomic mass is 10.2. The molecule has 1 amide bonds. The molecule has 0 saturated carbocycles. The maximum atomic E-state index is 12.1. The number of carbonyl (C=O) groups is 1. The topological polar surface area (TPSA) is 54.7 Å². The lowest BCUT2D eigenvalue weighted by Crippen LogP contribution is -2.38. The molecule has 1 fully saturated rings. The first-order valence-corrected chi connectivity index (χ1v) is 8.46. The van der Waals surface area contributed by atoms with Crippen molar-refractivity contribution >= 4 is 5.91 Å². The molecule has 0 bridgehead atoms. The molecule has 0 spiro atoms. The van der Waals surface area contributed by atoms with E-state index >= 15 is 0 Å². The highest BCUT2D eigenvalue weighted by molar-refractivity contribution is 5.77. The van der Waals surface area contributed by atoms with Crippen LogP contribution in [0.3, 0.4) is 0 Å². The minimum absolute atomic E-state index is 0.0218. The molecule has 5 nitrogen and oxygen atoms in total. The quantitative estimate of drug-likeness (QED) is 0.849. The van der Waals surface area contributed by atoms with Crippen LogP contribution in [0, 0.1) is 6.92 Å². The molecule has 1 N–H and O–H groups in total. The van der Waals surface area contributed by atoms with Crippen molar-refractivity contribution < 1.29 is 13.9 Å². The lowest BCUT2D eigenvalue weighted by molar-refractivity contribution is -0.123. The molecule has 1 atom stereocenters. The summed E-state index contributed by atoms with van der Waals surface area (Å²) in [5.41, 5.74) is 1.17. The smallest absolute Gasteiger partial charge is 0.258 e. The van der Waals surface area contributed by atoms with Gasteiger partial charge in [-0.1, -0.05) is 17.7 Å². The van der Waals surface area contributed by atoms with Crippen LogP contribution in [-0.4, -0.2) is 37.0 Å². The zero-order chi connectivity index (χ0) is 16.8. The van der Waals surface area contributed by atoms with Crippen molar-refractivity contribution in [3.8, 4) is 5.75 Å². The summed E-state index contributed by atoms with van der Waals surface area (Å²) in [6, 6.07) is 11.6. The van der Waals surface area contributed by atoms with Crippen LogP contribution >= 0.6 is 0 Å². The van der Waals surface area contributed by atoms with Gasteiger partial charge in [0.05, 0.1) is 12.3 Å². The van der Waals surface area contributed by atoms with Crippen molar-refractivity contribution in [2.45, 2.75) is 25.8 Å². The maximum absolute atomic E-state index is 12.1. The van der Waals surface area contributed by atoms with Gasteiger partial charge in [0.1, 0.15) is 11.5 Å². The van der Waals surface area contributed by atoms with E-state index in [0.717, 1.165) is 18.8 Å². The molecule has 1 aliphatic heterocycles. The Morgan fingerprint density at radius 2 is 2.00 bits per heavy atom. The van der Waals surface area contributed by atoms with Gasteiger partial charge in [0.25, 0.3) is 5.91 Å². The summed E-state index contributed by atoms with van der Waals surface area (Å²) < 4.78 is 11.1. The van der Waals surface area contributed by atoms with Gasteiger partial charge in [0.2, 0.25) is 0 Å². The van der Waals surface area contributed by atoms with E-state index in [1.807, 2.05) is 43.3 Å². The van der Waals surface area contributed by atoms with Gasteiger partial charge in [-0.3, -0.25) is 9.69 Å². The van der Waals surface area contributed by atoms with Crippen LogP contribution in [0.2, 0.25) is 0 Å². The van der Waals surface area contributed by atoms with E-state index in [1.165, 1.54) is 18.4 Å². The van der Waals surface area contributed by atoms with E-state index in [0.29, 0.717) is 12.3 Å². The third kappa shape index (κ3) is 4.38. The van der Waals surface area contributed by atoms with Gasteiger partial charge in [0.15, 0.2) is 6.61 Å². The van der Waals surface area contributed by atoms with Gasteiger partial charge in [-0.2, -0.15) is 0 Å². The fourth-order valence-electron chi connectivity index (χ4n) is 2.99. The third-order valence-electron chi connectivity index (χ3n) is 4.34. The number of hydrogen-bond donors (Lipinski definition) is 1. The Morgan fingerprint density at radius 1 is 1.25 bits per heavy atom. The molecule has 1 unspecified atom stereocenters. The van der Waals surface area contributed by atoms with E-state index in [-0.39, 0.29) is 18.6 Å². The molecular formula is C19H24N2O3. The fraction of sp³-hybridized carbons (Fsp3) is 0.421. The summed E-state index contributed by atoms with van der Waals surface area (Å²) in [4.78, 5) is 14.4. The monoisotopic (exact) mass is 328 g/mol. The van der Waals surface area contributed by atoms with E-state index in [2.05, 4.69) is 10.2 Å². The molecule has 2 aromatic rings. The number of likely N-dealkylation sites (tertiary alicyclic amines) is 1. The summed E-state index contributed by atoms with van der Waals surface area (Å²) >= 11 is 0. The second-order valence-electron chi connectivity index (χ2n) is 6.18. The fourth-order valence-corrected chi connectivity index (χ4v) is 2.99. The number of aryl methyl sites for hydroxylation is 1. The minimum Gasteiger partial charge on any atom is -0.484 e. The Bertz CT molecular complexity index is 631. The van der Waals surface area contributed by atoms with E-state index in [4.69, 9.17) is 9.15 Å². The molecule has 24 heavy (non-hydrogen) atoms. The van der Waals surface area contributed by atoms with Crippen molar-refractivity contribution in [2.75, 3.05) is 26.2 Å². The van der Waals surface area contributed by atoms with Crippen molar-refractivity contribution in [1.29, 1.82) is 0 Å². The first-order valence-electron chi connectivity index (χ1n) is 8.46. The maximum Gasteiger partial charge on any atom is 0.258 e. The van der Waals surface area contributed by atoms with E-state index in [1.54, 1.807) is 6.26 Å². The molecule has 128 valence electrons. The largest absolute Gasteiger partial charge is 0.484 e. The summed E-state index contributed by atoms with van der Waals surface area (Å²) in [7, 11) is 0. The van der Waals surface area contributed by atoms with E-state index in [9.17, 15) is 4.79 Å². The minimum atomic E-state index is -0.119. The first-order chi connectivity index (χ1) is 11.7. The molecule has 1 aliphatic rings. The normalized spacial score (nSPS) is 16.0. The van der Waals surface area contributed by atoms with Crippen LogP contribution < -0.4 is 10.1 Å². The second kappa shape index (κ2) is 8.02. The molecule has 1 aromatic carbocycles. The summed E-state index contributed by atoms with van der Waals surface area (Å²) in [5.74, 6) is 1.49. The average Bonchev–Trinajstić information content (AvgIpc) is 3.29. The SMILES string of the molecule is Cc1ccc(OCC(=O)NCC(c2ccco2)N2CCCC2)cc1. The molecule has 0 aliphatic carbocycles. The van der Waals surface area contributed by atoms with Crippen LogP contribution in [0.15, 0.2) is 47.1 Å². The Morgan fingerprint density at radius 3 is 2.67 bits per heavy atom. The lowest BCUT2D eigenvalue weighted by Gasteiger charge is -2.26. The molecule has 1 saturated heterocycles. The third-order valence-corrected chi connectivity index (χ3v) is 4.34. The number of carbonyl (C=O) groups excluding carboxylic acids is 1. The Hall–Kier alpha value is -2.27. The number of benzene rings is 1. The zero-order valence-electron chi connectivity index (χ0n) is 14.0. The predicted molar refractivity (Wildman–Crippen MR) is 91.9 cm³/mol. The van der Waals surface area contributed by atoms with E-state index < -0.39 is 0 Å². The van der Waals surface area contributed by atoms with Crippen LogP contribution in [0.5, 0.6) is 5.75 Å². The molecule has 1 aromatic heterocycles. The standard InChI is InChI=1S/C19H24N2O3/c1-15-6-8-16(9-7-15)24-14-19(22)20-13-17(18-5-4-12-23-18)21-10-2-3-11-21/h4-9,12,17H,2-3,10-11,13-14H2,1H3,(H,20,22). The average molecular weight is 328 g/mol. The molecule has 0 radical (unpaired) electrons. The highest BCUT2D eigenvalue weighted by atomic mass is 16.5. The van der Waals surface area contributed by atoms with Crippen LogP contribution in [-0.2, 0) is 4.79 Å². The number of nitrogens with one attached hydrogen (secondary N) is 1. The number of nitrogens with zero attached hydrogens (tertiary/aromatic N) is 1. The molecular weight excluding hydrogens is 304 g/mol. The number of furan rings is 1. The van der Waals surface area contributed by atoms with Gasteiger partial charge in [-0.15, -0.1) is 0 Å². The first kappa shape index (κ1) is 16.6. The Kier molecular flexibility index (Phi) is 5.54. The molecule has 2 heterocycles. The molecule has 3 rings (SSSR count). The predicted octanol–water partition coefficient (Wildman–Crippen LogP) is 2.92. The summed E-state index contributed by atoms with van der Waals surface area (Å²) in [5, 5.41) is 2.96. The van der Waals surface area contributed by atoms with Gasteiger partial charge >= 0.3 is 0 Å². The van der Waals surface area contributed by atoms with Crippen molar-refractivity contribution in [2.24, 2.45) is 0 Å². The Labute approximate surface area is 142 Å². The van der Waals surface area contributed by atoms with Crippen LogP contribution in [0.1, 0.15) is 30.2 Å². The van der Waals surface area contributed by atoms with Crippen molar-refractivity contribution in [3.63, 3.8) is 0 Å². The summed E-state index contributed by atoms with van der Waals surface area (Å²) in [6.45, 7) is 4.66. The van der Waals surface area contributed by atoms with Gasteiger partial charge in [0, 0.05) is 6.54 Å². The van der Waals surface area contributed by atoms with Crippen molar-refractivity contribution in [3.05, 3.63) is 54.0 Å². The van der Waals surface area contributed by atoms with Gasteiger partial charge < -0.3 is 14.5 Å². The highest BCUT2D eigenvalue weighted by Crippen LogP contribution is 2.24. The number of hydrogen-bond acceptors (Lipinski definition) is 4. The number of rotatable bonds is 7. The second-order valence-corrected chi connectivity index (χ2v) is 6.18. The molecule has 5 heteroatoms. The van der Waals surface area contributed by atoms with Crippen LogP contribution in [0.4, 0.5) is 0 Å². The van der Waals surface area contributed by atoms with Crippen LogP contribution in [0.25, 0.3) is 0 Å². The zero-order valence-corrected chi connectivity index (χ0v) is 14.0. The number of ether oxygens (including phenoxy) is 1. The van der Waals surface area contributed by atoms with Gasteiger partial charge in [-0.05, 0) is 57.1 Å². The Balaban J connectivity index is 1.50. The highest BCUT2D eigenvalue weighted by Gasteiger charge is 2.25. The number of amides is 1.